The molecule has 2 nitrogen and oxygen atoms in total. The molecule has 1 unspecified atom stereocenters. The SMILES string of the molecule is CCC(C)(c1ccc(C(C)(C)c2sccc2OC)s1)c1sccc1OC. The van der Waals surface area contributed by atoms with Gasteiger partial charge in [0.2, 0.25) is 0 Å². The van der Waals surface area contributed by atoms with E-state index in [2.05, 4.69) is 62.7 Å². The van der Waals surface area contributed by atoms with E-state index >= 15 is 0 Å². The van der Waals surface area contributed by atoms with Crippen molar-refractivity contribution in [1.29, 1.82) is 0 Å². The van der Waals surface area contributed by atoms with Crippen molar-refractivity contribution in [3.63, 3.8) is 0 Å². The zero-order valence-corrected chi connectivity index (χ0v) is 18.7. The molecule has 3 rings (SSSR count). The zero-order valence-electron chi connectivity index (χ0n) is 16.2. The van der Waals surface area contributed by atoms with Crippen LogP contribution in [0, 0.1) is 0 Å². The van der Waals surface area contributed by atoms with Crippen molar-refractivity contribution in [3.8, 4) is 11.5 Å². The molecule has 0 aromatic carbocycles. The van der Waals surface area contributed by atoms with Crippen molar-refractivity contribution in [2.45, 2.75) is 44.9 Å². The van der Waals surface area contributed by atoms with Crippen LogP contribution >= 0.6 is 34.0 Å². The summed E-state index contributed by atoms with van der Waals surface area (Å²) >= 11 is 5.46. The maximum atomic E-state index is 5.62. The highest BCUT2D eigenvalue weighted by atomic mass is 32.1. The first-order valence-corrected chi connectivity index (χ1v) is 11.3. The number of hydrogen-bond donors (Lipinski definition) is 0. The summed E-state index contributed by atoms with van der Waals surface area (Å²) in [5.41, 5.74) is -0.103. The summed E-state index contributed by atoms with van der Waals surface area (Å²) < 4.78 is 11.2. The van der Waals surface area contributed by atoms with E-state index in [4.69, 9.17) is 9.47 Å². The molecular weight excluding hydrogens is 380 g/mol. The van der Waals surface area contributed by atoms with E-state index < -0.39 is 0 Å². The second-order valence-corrected chi connectivity index (χ2v) is 10.0. The molecule has 0 radical (unpaired) electrons. The second kappa shape index (κ2) is 7.37. The lowest BCUT2D eigenvalue weighted by molar-refractivity contribution is 0.401. The highest BCUT2D eigenvalue weighted by Crippen LogP contribution is 2.49. The first kappa shape index (κ1) is 19.5. The third kappa shape index (κ3) is 3.10. The van der Waals surface area contributed by atoms with Crippen molar-refractivity contribution >= 4 is 34.0 Å². The van der Waals surface area contributed by atoms with Crippen molar-refractivity contribution in [3.05, 3.63) is 54.5 Å². The average Bonchev–Trinajstić information content (AvgIpc) is 3.40. The van der Waals surface area contributed by atoms with Gasteiger partial charge in [-0.05, 0) is 62.2 Å². The predicted octanol–water partition coefficient (Wildman–Crippen LogP) is 6.93. The highest BCUT2D eigenvalue weighted by Gasteiger charge is 2.36. The minimum atomic E-state index is -0.0728. The minimum Gasteiger partial charge on any atom is -0.496 e. The smallest absolute Gasteiger partial charge is 0.133 e. The van der Waals surface area contributed by atoms with Crippen LogP contribution in [-0.2, 0) is 10.8 Å². The molecule has 3 heterocycles. The lowest BCUT2D eigenvalue weighted by Crippen LogP contribution is -2.20. The molecule has 0 aliphatic rings. The van der Waals surface area contributed by atoms with Crippen LogP contribution in [0.3, 0.4) is 0 Å². The fourth-order valence-corrected chi connectivity index (χ4v) is 6.88. The van der Waals surface area contributed by atoms with Gasteiger partial charge >= 0.3 is 0 Å². The van der Waals surface area contributed by atoms with Crippen LogP contribution in [0.5, 0.6) is 11.5 Å². The normalized spacial score (nSPS) is 14.2. The molecule has 3 aromatic rings. The van der Waals surface area contributed by atoms with Crippen molar-refractivity contribution in [2.75, 3.05) is 14.2 Å². The van der Waals surface area contributed by atoms with E-state index in [1.54, 1.807) is 36.9 Å². The first-order chi connectivity index (χ1) is 12.4. The highest BCUT2D eigenvalue weighted by molar-refractivity contribution is 7.14. The monoisotopic (exact) mass is 406 g/mol. The van der Waals surface area contributed by atoms with Crippen LogP contribution in [-0.4, -0.2) is 14.2 Å². The molecule has 0 bridgehead atoms. The fraction of sp³-hybridized carbons (Fsp3) is 0.429. The fourth-order valence-electron chi connectivity index (χ4n) is 3.30. The van der Waals surface area contributed by atoms with Crippen LogP contribution < -0.4 is 9.47 Å². The van der Waals surface area contributed by atoms with Gasteiger partial charge < -0.3 is 9.47 Å². The van der Waals surface area contributed by atoms with Crippen LogP contribution in [0.4, 0.5) is 0 Å². The van der Waals surface area contributed by atoms with E-state index in [1.807, 2.05) is 11.3 Å². The van der Waals surface area contributed by atoms with Crippen LogP contribution in [0.15, 0.2) is 35.0 Å². The Balaban J connectivity index is 2.03. The molecule has 0 N–H and O–H groups in total. The van der Waals surface area contributed by atoms with E-state index in [0.29, 0.717) is 0 Å². The number of thiophene rings is 3. The van der Waals surface area contributed by atoms with Gasteiger partial charge in [-0.15, -0.1) is 34.0 Å². The van der Waals surface area contributed by atoms with Gasteiger partial charge in [0, 0.05) is 20.6 Å². The molecule has 0 spiro atoms. The van der Waals surface area contributed by atoms with E-state index in [-0.39, 0.29) is 10.8 Å². The molecule has 1 atom stereocenters. The van der Waals surface area contributed by atoms with Gasteiger partial charge in [0.05, 0.1) is 24.0 Å². The summed E-state index contributed by atoms with van der Waals surface area (Å²) in [6.45, 7) is 9.15. The molecule has 0 aliphatic heterocycles. The van der Waals surface area contributed by atoms with Gasteiger partial charge in [0.25, 0.3) is 0 Å². The molecule has 26 heavy (non-hydrogen) atoms. The van der Waals surface area contributed by atoms with Crippen LogP contribution in [0.25, 0.3) is 0 Å². The number of hydrogen-bond acceptors (Lipinski definition) is 5. The largest absolute Gasteiger partial charge is 0.496 e. The Morgan fingerprint density at radius 2 is 1.35 bits per heavy atom. The van der Waals surface area contributed by atoms with Crippen molar-refractivity contribution in [2.24, 2.45) is 0 Å². The van der Waals surface area contributed by atoms with Crippen LogP contribution in [0.1, 0.15) is 53.6 Å². The molecular formula is C21H26O2S3. The van der Waals surface area contributed by atoms with Gasteiger partial charge in [-0.1, -0.05) is 6.92 Å². The van der Waals surface area contributed by atoms with Gasteiger partial charge in [-0.2, -0.15) is 0 Å². The molecule has 140 valence electrons. The lowest BCUT2D eigenvalue weighted by Gasteiger charge is -2.28. The summed E-state index contributed by atoms with van der Waals surface area (Å²) in [5, 5.41) is 4.23. The van der Waals surface area contributed by atoms with Gasteiger partial charge in [-0.25, -0.2) is 0 Å². The van der Waals surface area contributed by atoms with E-state index in [1.165, 1.54) is 19.5 Å². The molecule has 0 amide bonds. The third-order valence-electron chi connectivity index (χ3n) is 5.24. The summed E-state index contributed by atoms with van der Waals surface area (Å²) in [6.07, 6.45) is 1.03. The van der Waals surface area contributed by atoms with Crippen molar-refractivity contribution < 1.29 is 9.47 Å². The number of ether oxygens (including phenoxy) is 2. The average molecular weight is 407 g/mol. The lowest BCUT2D eigenvalue weighted by atomic mass is 9.83. The molecule has 0 aliphatic carbocycles. The summed E-state index contributed by atoms with van der Waals surface area (Å²) in [5.74, 6) is 1.97. The number of rotatable bonds is 7. The Bertz CT molecular complexity index is 871. The Hall–Kier alpha value is -1.30. The zero-order chi connectivity index (χ0) is 18.9. The van der Waals surface area contributed by atoms with Crippen molar-refractivity contribution in [1.82, 2.24) is 0 Å². The Kier molecular flexibility index (Phi) is 5.52. The summed E-state index contributed by atoms with van der Waals surface area (Å²) in [4.78, 5) is 5.34. The standard InChI is InChI=1S/C21H26O2S3/c1-7-21(4,19-15(23-6)11-13-25-19)17-9-8-16(26-17)20(2,3)18-14(22-5)10-12-24-18/h8-13H,7H2,1-6H3. The van der Waals surface area contributed by atoms with Gasteiger partial charge in [-0.3, -0.25) is 0 Å². The maximum Gasteiger partial charge on any atom is 0.133 e. The molecule has 3 aromatic heterocycles. The summed E-state index contributed by atoms with van der Waals surface area (Å²) in [6, 6.07) is 8.71. The molecule has 5 heteroatoms. The molecule has 0 saturated heterocycles. The number of methoxy groups -OCH3 is 2. The first-order valence-electron chi connectivity index (χ1n) is 8.73. The third-order valence-corrected chi connectivity index (χ3v) is 9.29. The molecule has 0 fully saturated rings. The summed E-state index contributed by atoms with van der Waals surface area (Å²) in [7, 11) is 3.51. The Labute approximate surface area is 168 Å². The second-order valence-electron chi connectivity index (χ2n) is 7.11. The Morgan fingerprint density at radius 3 is 1.92 bits per heavy atom. The topological polar surface area (TPSA) is 18.5 Å². The maximum absolute atomic E-state index is 5.62. The van der Waals surface area contributed by atoms with Gasteiger partial charge in [0.15, 0.2) is 0 Å². The minimum absolute atomic E-state index is 0.0297. The Morgan fingerprint density at radius 1 is 0.808 bits per heavy atom. The van der Waals surface area contributed by atoms with E-state index in [9.17, 15) is 0 Å². The quantitative estimate of drug-likeness (QED) is 0.423. The van der Waals surface area contributed by atoms with Gasteiger partial charge in [0.1, 0.15) is 11.5 Å². The predicted molar refractivity (Wildman–Crippen MR) is 115 cm³/mol. The molecule has 0 saturated carbocycles. The van der Waals surface area contributed by atoms with Crippen LogP contribution in [0.2, 0.25) is 0 Å². The van der Waals surface area contributed by atoms with E-state index in [0.717, 1.165) is 17.9 Å².